The zero-order chi connectivity index (χ0) is 11.5. The van der Waals surface area contributed by atoms with Crippen molar-refractivity contribution in [2.75, 3.05) is 0 Å². The number of aryl methyl sites for hydroxylation is 1. The van der Waals surface area contributed by atoms with Crippen molar-refractivity contribution in [3.8, 4) is 0 Å². The van der Waals surface area contributed by atoms with E-state index in [4.69, 9.17) is 0 Å². The van der Waals surface area contributed by atoms with Gasteiger partial charge >= 0.3 is 0 Å². The minimum atomic E-state index is -0.239. The van der Waals surface area contributed by atoms with E-state index in [9.17, 15) is 5.11 Å². The highest BCUT2D eigenvalue weighted by molar-refractivity contribution is 9.10. The number of rotatable bonds is 3. The molecule has 1 unspecified atom stereocenters. The summed E-state index contributed by atoms with van der Waals surface area (Å²) in [4.78, 5) is 0. The van der Waals surface area contributed by atoms with E-state index in [1.807, 2.05) is 12.1 Å². The normalized spacial score (nSPS) is 13.9. The average molecular weight is 271 g/mol. The van der Waals surface area contributed by atoms with Gasteiger partial charge in [0.25, 0.3) is 0 Å². The van der Waals surface area contributed by atoms with Crippen LogP contribution in [0.15, 0.2) is 28.7 Å². The molecule has 0 aromatic heterocycles. The van der Waals surface area contributed by atoms with E-state index in [-0.39, 0.29) is 11.5 Å². The van der Waals surface area contributed by atoms with Crippen molar-refractivity contribution in [1.82, 2.24) is 0 Å². The van der Waals surface area contributed by atoms with Gasteiger partial charge in [0, 0.05) is 4.47 Å². The van der Waals surface area contributed by atoms with Gasteiger partial charge in [-0.1, -0.05) is 48.8 Å². The molecule has 0 amide bonds. The fourth-order valence-electron chi connectivity index (χ4n) is 1.43. The number of aliphatic hydroxyl groups is 1. The highest BCUT2D eigenvalue weighted by Crippen LogP contribution is 2.23. The summed E-state index contributed by atoms with van der Waals surface area (Å²) in [6, 6.07) is 8.25. The maximum absolute atomic E-state index is 9.90. The van der Waals surface area contributed by atoms with Crippen LogP contribution in [0.1, 0.15) is 32.8 Å². The van der Waals surface area contributed by atoms with Gasteiger partial charge < -0.3 is 5.11 Å². The molecular formula is C13H19BrO. The minimum Gasteiger partial charge on any atom is -0.393 e. The lowest BCUT2D eigenvalue weighted by Crippen LogP contribution is -2.26. The van der Waals surface area contributed by atoms with Crippen molar-refractivity contribution in [2.24, 2.45) is 5.41 Å². The zero-order valence-electron chi connectivity index (χ0n) is 9.63. The molecule has 15 heavy (non-hydrogen) atoms. The van der Waals surface area contributed by atoms with Gasteiger partial charge in [-0.25, -0.2) is 0 Å². The highest BCUT2D eigenvalue weighted by atomic mass is 79.9. The van der Waals surface area contributed by atoms with Crippen molar-refractivity contribution in [3.05, 3.63) is 34.3 Å². The van der Waals surface area contributed by atoms with Crippen LogP contribution in [0.3, 0.4) is 0 Å². The number of halogens is 1. The van der Waals surface area contributed by atoms with E-state index < -0.39 is 0 Å². The van der Waals surface area contributed by atoms with Crippen LogP contribution < -0.4 is 0 Å². The van der Waals surface area contributed by atoms with Gasteiger partial charge in [-0.2, -0.15) is 0 Å². The smallest absolute Gasteiger partial charge is 0.0591 e. The maximum atomic E-state index is 9.90. The van der Waals surface area contributed by atoms with Crippen molar-refractivity contribution in [3.63, 3.8) is 0 Å². The average Bonchev–Trinajstić information content (AvgIpc) is 2.12. The largest absolute Gasteiger partial charge is 0.393 e. The van der Waals surface area contributed by atoms with Gasteiger partial charge in [0.1, 0.15) is 0 Å². The van der Waals surface area contributed by atoms with Crippen LogP contribution in [0.5, 0.6) is 0 Å². The zero-order valence-corrected chi connectivity index (χ0v) is 11.2. The molecule has 0 radical (unpaired) electrons. The minimum absolute atomic E-state index is 0.0218. The fraction of sp³-hybridized carbons (Fsp3) is 0.538. The second kappa shape index (κ2) is 5.13. The molecule has 0 saturated heterocycles. The van der Waals surface area contributed by atoms with Gasteiger partial charge in [0.15, 0.2) is 0 Å². The molecule has 1 N–H and O–H groups in total. The molecule has 0 bridgehead atoms. The summed E-state index contributed by atoms with van der Waals surface area (Å²) in [6.45, 7) is 6.20. The van der Waals surface area contributed by atoms with Crippen LogP contribution in [0, 0.1) is 5.41 Å². The SMILES string of the molecule is CC(C)(C)C(O)CCc1cccc(Br)c1. The Morgan fingerprint density at radius 3 is 2.53 bits per heavy atom. The van der Waals surface area contributed by atoms with Crippen LogP contribution in [-0.2, 0) is 6.42 Å². The third-order valence-corrected chi connectivity index (χ3v) is 3.09. The molecule has 1 rings (SSSR count). The summed E-state index contributed by atoms with van der Waals surface area (Å²) in [5.74, 6) is 0. The number of hydrogen-bond acceptors (Lipinski definition) is 1. The van der Waals surface area contributed by atoms with Gasteiger partial charge in [0.05, 0.1) is 6.10 Å². The Morgan fingerprint density at radius 2 is 2.00 bits per heavy atom. The molecule has 0 saturated carbocycles. The predicted molar refractivity (Wildman–Crippen MR) is 67.9 cm³/mol. The number of benzene rings is 1. The Bertz CT molecular complexity index is 315. The molecule has 0 spiro atoms. The first-order valence-electron chi connectivity index (χ1n) is 5.32. The molecule has 0 fully saturated rings. The monoisotopic (exact) mass is 270 g/mol. The van der Waals surface area contributed by atoms with Crippen LogP contribution in [0.4, 0.5) is 0 Å². The van der Waals surface area contributed by atoms with Crippen LogP contribution in [0.2, 0.25) is 0 Å². The third-order valence-electron chi connectivity index (χ3n) is 2.60. The van der Waals surface area contributed by atoms with E-state index >= 15 is 0 Å². The first kappa shape index (κ1) is 12.7. The topological polar surface area (TPSA) is 20.2 Å². The summed E-state index contributed by atoms with van der Waals surface area (Å²) >= 11 is 3.45. The second-order valence-electron chi connectivity index (χ2n) is 5.05. The molecule has 1 nitrogen and oxygen atoms in total. The van der Waals surface area contributed by atoms with Crippen molar-refractivity contribution in [2.45, 2.75) is 39.7 Å². The Morgan fingerprint density at radius 1 is 1.33 bits per heavy atom. The molecule has 1 aromatic rings. The maximum Gasteiger partial charge on any atom is 0.0591 e. The van der Waals surface area contributed by atoms with Gasteiger partial charge in [-0.05, 0) is 36.0 Å². The Hall–Kier alpha value is -0.340. The van der Waals surface area contributed by atoms with E-state index in [1.54, 1.807) is 0 Å². The van der Waals surface area contributed by atoms with E-state index in [0.717, 1.165) is 17.3 Å². The third kappa shape index (κ3) is 4.35. The molecule has 1 atom stereocenters. The molecule has 0 aliphatic rings. The molecule has 0 aliphatic heterocycles. The molecule has 1 aromatic carbocycles. The molecule has 0 aliphatic carbocycles. The van der Waals surface area contributed by atoms with Gasteiger partial charge in [0.2, 0.25) is 0 Å². The Balaban J connectivity index is 2.51. The van der Waals surface area contributed by atoms with Gasteiger partial charge in [-0.3, -0.25) is 0 Å². The summed E-state index contributed by atoms with van der Waals surface area (Å²) in [6.07, 6.45) is 1.51. The first-order chi connectivity index (χ1) is 6.89. The van der Waals surface area contributed by atoms with E-state index in [0.29, 0.717) is 0 Å². The van der Waals surface area contributed by atoms with Crippen LogP contribution in [0.25, 0.3) is 0 Å². The van der Waals surface area contributed by atoms with E-state index in [2.05, 4.69) is 48.8 Å². The summed E-state index contributed by atoms with van der Waals surface area (Å²) in [5, 5.41) is 9.90. The van der Waals surface area contributed by atoms with Crippen molar-refractivity contribution >= 4 is 15.9 Å². The fourth-order valence-corrected chi connectivity index (χ4v) is 1.88. The lowest BCUT2D eigenvalue weighted by molar-refractivity contribution is 0.0560. The Kier molecular flexibility index (Phi) is 4.35. The Labute approximate surface area is 101 Å². The summed E-state index contributed by atoms with van der Waals surface area (Å²) in [7, 11) is 0. The van der Waals surface area contributed by atoms with Crippen LogP contribution in [-0.4, -0.2) is 11.2 Å². The lowest BCUT2D eigenvalue weighted by atomic mass is 9.86. The first-order valence-corrected chi connectivity index (χ1v) is 6.11. The summed E-state index contributed by atoms with van der Waals surface area (Å²) < 4.78 is 1.10. The summed E-state index contributed by atoms with van der Waals surface area (Å²) in [5.41, 5.74) is 1.25. The standard InChI is InChI=1S/C13H19BrO/c1-13(2,3)12(15)8-7-10-5-4-6-11(14)9-10/h4-6,9,12,15H,7-8H2,1-3H3. The van der Waals surface area contributed by atoms with E-state index in [1.165, 1.54) is 5.56 Å². The lowest BCUT2D eigenvalue weighted by Gasteiger charge is -2.25. The highest BCUT2D eigenvalue weighted by Gasteiger charge is 2.21. The molecule has 84 valence electrons. The molecule has 0 heterocycles. The van der Waals surface area contributed by atoms with Crippen molar-refractivity contribution in [1.29, 1.82) is 0 Å². The number of aliphatic hydroxyl groups excluding tert-OH is 1. The quantitative estimate of drug-likeness (QED) is 0.886. The second-order valence-corrected chi connectivity index (χ2v) is 5.97. The van der Waals surface area contributed by atoms with Crippen molar-refractivity contribution < 1.29 is 5.11 Å². The number of hydrogen-bond donors (Lipinski definition) is 1. The van der Waals surface area contributed by atoms with Gasteiger partial charge in [-0.15, -0.1) is 0 Å². The molecular weight excluding hydrogens is 252 g/mol. The molecule has 2 heteroatoms. The van der Waals surface area contributed by atoms with Crippen LogP contribution >= 0.6 is 15.9 Å². The predicted octanol–water partition coefficient (Wildman–Crippen LogP) is 3.79.